The van der Waals surface area contributed by atoms with Gasteiger partial charge in [-0.1, -0.05) is 17.7 Å². The molecule has 0 unspecified atom stereocenters. The molecule has 0 aliphatic carbocycles. The Balaban J connectivity index is 2.40. The lowest BCUT2D eigenvalue weighted by Crippen LogP contribution is -2.01. The fourth-order valence-corrected chi connectivity index (χ4v) is 1.35. The van der Waals surface area contributed by atoms with Gasteiger partial charge in [0, 0.05) is 10.1 Å². The number of hydrogen-bond acceptors (Lipinski definition) is 5. The minimum Gasteiger partial charge on any atom is -0.263 e. The molecule has 0 fully saturated rings. The first kappa shape index (κ1) is 12.9. The third kappa shape index (κ3) is 5.63. The molecule has 1 N–H and O–H groups in total. The summed E-state index contributed by atoms with van der Waals surface area (Å²) >= 11 is 1.14. The summed E-state index contributed by atoms with van der Waals surface area (Å²) in [6.07, 6.45) is 1.96. The molecule has 0 radical (unpaired) electrons. The van der Waals surface area contributed by atoms with Crippen LogP contribution in [0.5, 0.6) is 0 Å². The van der Waals surface area contributed by atoms with Crippen molar-refractivity contribution in [3.8, 4) is 11.4 Å². The lowest BCUT2D eigenvalue weighted by molar-refractivity contribution is -0.135. The van der Waals surface area contributed by atoms with Gasteiger partial charge in [-0.2, -0.15) is 8.42 Å². The van der Waals surface area contributed by atoms with Gasteiger partial charge in [0.05, 0.1) is 0 Å². The van der Waals surface area contributed by atoms with Crippen molar-refractivity contribution in [2.24, 2.45) is 0 Å². The van der Waals surface area contributed by atoms with Gasteiger partial charge in [-0.15, -0.1) is 0 Å². The molecule has 0 saturated carbocycles. The maximum atomic E-state index is 10.0. The summed E-state index contributed by atoms with van der Waals surface area (Å²) in [6, 6.07) is 7.55. The Bertz CT molecular complexity index is 495. The van der Waals surface area contributed by atoms with Crippen LogP contribution in [0, 0.1) is 18.3 Å². The molecule has 0 saturated heterocycles. The van der Waals surface area contributed by atoms with Crippen LogP contribution in [0.15, 0.2) is 29.2 Å². The van der Waals surface area contributed by atoms with E-state index in [4.69, 9.17) is 4.55 Å². The molecule has 0 spiro atoms. The summed E-state index contributed by atoms with van der Waals surface area (Å²) in [5.41, 5.74) is 1.13. The second-order valence-corrected chi connectivity index (χ2v) is 4.57. The van der Waals surface area contributed by atoms with Crippen LogP contribution in [0.25, 0.3) is 0 Å². The normalized spacial score (nSPS) is 10.4. The van der Waals surface area contributed by atoms with Crippen molar-refractivity contribution in [1.29, 1.82) is 0 Å². The second-order valence-electron chi connectivity index (χ2n) is 2.70. The maximum Gasteiger partial charge on any atom is 0.433 e. The van der Waals surface area contributed by atoms with Crippen LogP contribution in [-0.4, -0.2) is 13.0 Å². The summed E-state index contributed by atoms with van der Waals surface area (Å²) in [4.78, 5) is 4.81. The lowest BCUT2D eigenvalue weighted by Gasteiger charge is -1.94. The first-order valence-corrected chi connectivity index (χ1v) is 6.21. The average molecular weight is 260 g/mol. The standard InChI is InChI=1S/C9H8O5S2/c1-8-2-4-9(5-3-8)15-7-6-13-14-16(10,11)12/h2-5H,1H3,(H,10,11,12). The van der Waals surface area contributed by atoms with Crippen LogP contribution >= 0.6 is 11.8 Å². The molecule has 1 aromatic rings. The largest absolute Gasteiger partial charge is 0.433 e. The van der Waals surface area contributed by atoms with Gasteiger partial charge < -0.3 is 0 Å². The van der Waals surface area contributed by atoms with E-state index in [2.05, 4.69) is 14.5 Å². The Kier molecular flexibility index (Phi) is 4.64. The van der Waals surface area contributed by atoms with Gasteiger partial charge in [0.15, 0.2) is 6.11 Å². The molecule has 1 aromatic carbocycles. The maximum absolute atomic E-state index is 10.0. The SMILES string of the molecule is Cc1ccc(SC#COOS(=O)(=O)O)cc1. The predicted octanol–water partition coefficient (Wildman–Crippen LogP) is 1.76. The number of hydrogen-bond donors (Lipinski definition) is 1. The van der Waals surface area contributed by atoms with Crippen molar-refractivity contribution in [3.63, 3.8) is 0 Å². The van der Waals surface area contributed by atoms with E-state index in [1.165, 1.54) is 0 Å². The fourth-order valence-electron chi connectivity index (χ4n) is 0.763. The van der Waals surface area contributed by atoms with Crippen molar-refractivity contribution < 1.29 is 22.2 Å². The predicted molar refractivity (Wildman–Crippen MR) is 58.5 cm³/mol. The van der Waals surface area contributed by atoms with E-state index in [1.54, 1.807) is 0 Å². The van der Waals surface area contributed by atoms with Crippen molar-refractivity contribution in [2.75, 3.05) is 0 Å². The molecule has 0 aliphatic rings. The van der Waals surface area contributed by atoms with E-state index in [0.717, 1.165) is 22.2 Å². The molecule has 0 heterocycles. The molecule has 0 aliphatic heterocycles. The Labute approximate surface area is 97.6 Å². The first-order valence-electron chi connectivity index (χ1n) is 4.03. The fraction of sp³-hybridized carbons (Fsp3) is 0.111. The minimum absolute atomic E-state index is 0.883. The molecule has 0 atom stereocenters. The highest BCUT2D eigenvalue weighted by atomic mass is 32.3. The van der Waals surface area contributed by atoms with Crippen molar-refractivity contribution in [1.82, 2.24) is 0 Å². The number of thioether (sulfide) groups is 1. The molecule has 0 amide bonds. The molecular formula is C9H8O5S2. The highest BCUT2D eigenvalue weighted by Crippen LogP contribution is 2.16. The summed E-state index contributed by atoms with van der Waals surface area (Å²) in [5.74, 6) is 0. The lowest BCUT2D eigenvalue weighted by atomic mass is 10.2. The van der Waals surface area contributed by atoms with Gasteiger partial charge in [-0.3, -0.25) is 9.44 Å². The summed E-state index contributed by atoms with van der Waals surface area (Å²) in [6.45, 7) is 1.96. The molecular weight excluding hydrogens is 252 g/mol. The average Bonchev–Trinajstić information content (AvgIpc) is 2.19. The highest BCUT2D eigenvalue weighted by Gasteiger charge is 2.03. The number of aryl methyl sites for hydroxylation is 1. The molecule has 5 nitrogen and oxygen atoms in total. The van der Waals surface area contributed by atoms with Crippen LogP contribution in [0.2, 0.25) is 0 Å². The highest BCUT2D eigenvalue weighted by molar-refractivity contribution is 8.03. The van der Waals surface area contributed by atoms with Crippen molar-refractivity contribution >= 4 is 22.2 Å². The van der Waals surface area contributed by atoms with Crippen LogP contribution in [-0.2, 0) is 19.6 Å². The second kappa shape index (κ2) is 5.77. The quantitative estimate of drug-likeness (QED) is 0.293. The van der Waals surface area contributed by atoms with E-state index >= 15 is 0 Å². The summed E-state index contributed by atoms with van der Waals surface area (Å²) in [7, 11) is -4.61. The van der Waals surface area contributed by atoms with Gasteiger partial charge in [0.25, 0.3) is 0 Å². The number of rotatable bonds is 3. The van der Waals surface area contributed by atoms with Gasteiger partial charge in [-0.25, -0.2) is 0 Å². The smallest absolute Gasteiger partial charge is 0.263 e. The molecule has 16 heavy (non-hydrogen) atoms. The van der Waals surface area contributed by atoms with E-state index in [9.17, 15) is 8.42 Å². The van der Waals surface area contributed by atoms with E-state index in [-0.39, 0.29) is 0 Å². The Hall–Kier alpha value is -1.20. The van der Waals surface area contributed by atoms with E-state index in [0.29, 0.717) is 0 Å². The summed E-state index contributed by atoms with van der Waals surface area (Å²) in [5, 5.41) is 2.44. The molecule has 0 bridgehead atoms. The van der Waals surface area contributed by atoms with Gasteiger partial charge in [0.2, 0.25) is 0 Å². The Morgan fingerprint density at radius 2 is 1.94 bits per heavy atom. The topological polar surface area (TPSA) is 72.8 Å². The number of benzene rings is 1. The van der Waals surface area contributed by atoms with Crippen molar-refractivity contribution in [2.45, 2.75) is 11.8 Å². The van der Waals surface area contributed by atoms with Crippen molar-refractivity contribution in [3.05, 3.63) is 29.8 Å². The zero-order valence-corrected chi connectivity index (χ0v) is 9.84. The Morgan fingerprint density at radius 1 is 1.31 bits per heavy atom. The third-order valence-electron chi connectivity index (χ3n) is 1.39. The third-order valence-corrected chi connectivity index (χ3v) is 2.33. The molecule has 0 aromatic heterocycles. The van der Waals surface area contributed by atoms with Crippen LogP contribution in [0.1, 0.15) is 5.56 Å². The van der Waals surface area contributed by atoms with E-state index < -0.39 is 10.4 Å². The van der Waals surface area contributed by atoms with Crippen LogP contribution in [0.3, 0.4) is 0 Å². The van der Waals surface area contributed by atoms with Crippen LogP contribution in [0.4, 0.5) is 0 Å². The molecule has 86 valence electrons. The van der Waals surface area contributed by atoms with E-state index in [1.807, 2.05) is 37.3 Å². The zero-order valence-electron chi connectivity index (χ0n) is 8.21. The van der Waals surface area contributed by atoms with Crippen LogP contribution < -0.4 is 0 Å². The minimum atomic E-state index is -4.61. The first-order chi connectivity index (χ1) is 7.47. The van der Waals surface area contributed by atoms with Gasteiger partial charge in [-0.05, 0) is 35.2 Å². The zero-order chi connectivity index (χ0) is 12.0. The van der Waals surface area contributed by atoms with Gasteiger partial charge in [0.1, 0.15) is 0 Å². The molecule has 1 rings (SSSR count). The monoisotopic (exact) mass is 260 g/mol. The summed E-state index contributed by atoms with van der Waals surface area (Å²) < 4.78 is 31.7. The Morgan fingerprint density at radius 3 is 2.50 bits per heavy atom. The molecule has 7 heteroatoms. The van der Waals surface area contributed by atoms with Gasteiger partial charge >= 0.3 is 10.4 Å².